The summed E-state index contributed by atoms with van der Waals surface area (Å²) in [6.07, 6.45) is 0.655. The van der Waals surface area contributed by atoms with Gasteiger partial charge >= 0.3 is 0 Å². The van der Waals surface area contributed by atoms with Crippen LogP contribution in [0.2, 0.25) is 0 Å². The molecule has 2 amide bonds. The molecule has 3 rings (SSSR count). The van der Waals surface area contributed by atoms with Gasteiger partial charge in [0.1, 0.15) is 12.4 Å². The van der Waals surface area contributed by atoms with Crippen LogP contribution in [0.15, 0.2) is 48.5 Å². The zero-order valence-electron chi connectivity index (χ0n) is 14.5. The van der Waals surface area contributed by atoms with E-state index < -0.39 is 16.7 Å². The third-order valence-electron chi connectivity index (χ3n) is 3.99. The van der Waals surface area contributed by atoms with Crippen molar-refractivity contribution >= 4 is 28.5 Å². The quantitative estimate of drug-likeness (QED) is 0.528. The number of rotatable bonds is 5. The van der Waals surface area contributed by atoms with Crippen LogP contribution in [0.1, 0.15) is 23.1 Å². The van der Waals surface area contributed by atoms with Gasteiger partial charge in [-0.2, -0.15) is 0 Å². The van der Waals surface area contributed by atoms with Gasteiger partial charge in [-0.3, -0.25) is 30.6 Å². The number of hydrogen-bond donors (Lipinski definition) is 2. The summed E-state index contributed by atoms with van der Waals surface area (Å²) in [5.41, 5.74) is 6.09. The molecule has 0 atom stereocenters. The Morgan fingerprint density at radius 3 is 2.67 bits per heavy atom. The number of aryl methyl sites for hydroxylation is 1. The number of nitro groups is 1. The van der Waals surface area contributed by atoms with E-state index in [-0.39, 0.29) is 17.8 Å². The van der Waals surface area contributed by atoms with E-state index in [0.29, 0.717) is 6.42 Å². The number of nitrogens with zero attached hydrogens (tertiary/aromatic N) is 3. The van der Waals surface area contributed by atoms with Crippen LogP contribution in [0, 0.1) is 10.1 Å². The number of nitrogens with one attached hydrogen (secondary N) is 2. The molecule has 0 saturated carbocycles. The predicted molar refractivity (Wildman–Crippen MR) is 97.8 cm³/mol. The fourth-order valence-electron chi connectivity index (χ4n) is 2.71. The van der Waals surface area contributed by atoms with Gasteiger partial charge in [0.25, 0.3) is 17.5 Å². The average Bonchev–Trinajstić information content (AvgIpc) is 3.03. The number of para-hydroxylation sites is 2. The van der Waals surface area contributed by atoms with Crippen molar-refractivity contribution in [2.45, 2.75) is 19.9 Å². The number of carbonyl (C=O) groups is 2. The van der Waals surface area contributed by atoms with Crippen LogP contribution in [0.5, 0.6) is 0 Å². The third kappa shape index (κ3) is 3.92. The minimum Gasteiger partial charge on any atom is -0.318 e. The highest BCUT2D eigenvalue weighted by molar-refractivity contribution is 5.96. The first-order valence-corrected chi connectivity index (χ1v) is 8.27. The molecule has 9 nitrogen and oxygen atoms in total. The van der Waals surface area contributed by atoms with E-state index in [1.807, 2.05) is 31.2 Å². The van der Waals surface area contributed by atoms with Gasteiger partial charge < -0.3 is 4.57 Å². The van der Waals surface area contributed by atoms with Crippen LogP contribution < -0.4 is 10.9 Å². The Kier molecular flexibility index (Phi) is 5.11. The molecule has 1 heterocycles. The normalized spacial score (nSPS) is 10.6. The van der Waals surface area contributed by atoms with E-state index in [1.165, 1.54) is 18.2 Å². The van der Waals surface area contributed by atoms with Crippen molar-refractivity contribution in [3.05, 3.63) is 70.0 Å². The zero-order valence-corrected chi connectivity index (χ0v) is 14.5. The summed E-state index contributed by atoms with van der Waals surface area (Å²) in [6, 6.07) is 12.7. The molecule has 0 aliphatic heterocycles. The van der Waals surface area contributed by atoms with Crippen LogP contribution in [-0.2, 0) is 17.8 Å². The molecule has 0 aliphatic carbocycles. The van der Waals surface area contributed by atoms with Gasteiger partial charge in [-0.05, 0) is 18.2 Å². The molecule has 0 saturated heterocycles. The Balaban J connectivity index is 1.68. The number of hydrazine groups is 1. The minimum absolute atomic E-state index is 0.0150. The molecule has 2 N–H and O–H groups in total. The van der Waals surface area contributed by atoms with Crippen LogP contribution in [0.3, 0.4) is 0 Å². The number of fused-ring (bicyclic) bond motifs is 1. The first-order chi connectivity index (χ1) is 13.0. The van der Waals surface area contributed by atoms with Crippen LogP contribution in [0.25, 0.3) is 11.0 Å². The van der Waals surface area contributed by atoms with Gasteiger partial charge in [0.15, 0.2) is 0 Å². The smallest absolute Gasteiger partial charge is 0.270 e. The number of benzene rings is 2. The molecule has 0 spiro atoms. The number of aromatic nitrogens is 2. The van der Waals surface area contributed by atoms with Gasteiger partial charge in [-0.25, -0.2) is 4.98 Å². The largest absolute Gasteiger partial charge is 0.318 e. The van der Waals surface area contributed by atoms with E-state index in [1.54, 1.807) is 4.57 Å². The Labute approximate surface area is 154 Å². The van der Waals surface area contributed by atoms with Crippen LogP contribution in [0.4, 0.5) is 5.69 Å². The Morgan fingerprint density at radius 2 is 1.93 bits per heavy atom. The van der Waals surface area contributed by atoms with Gasteiger partial charge in [-0.15, -0.1) is 0 Å². The minimum atomic E-state index is -0.641. The van der Waals surface area contributed by atoms with Gasteiger partial charge in [0.2, 0.25) is 0 Å². The number of hydrogen-bond acceptors (Lipinski definition) is 5. The average molecular weight is 367 g/mol. The van der Waals surface area contributed by atoms with Crippen molar-refractivity contribution in [1.82, 2.24) is 20.4 Å². The molecule has 27 heavy (non-hydrogen) atoms. The molecule has 9 heteroatoms. The van der Waals surface area contributed by atoms with E-state index in [0.717, 1.165) is 22.9 Å². The predicted octanol–water partition coefficient (Wildman–Crippen LogP) is 1.97. The first kappa shape index (κ1) is 18.1. The summed E-state index contributed by atoms with van der Waals surface area (Å²) in [5, 5.41) is 10.8. The lowest BCUT2D eigenvalue weighted by Crippen LogP contribution is -2.43. The summed E-state index contributed by atoms with van der Waals surface area (Å²) in [6.45, 7) is 1.93. The molecule has 0 fully saturated rings. The highest BCUT2D eigenvalue weighted by atomic mass is 16.6. The molecule has 0 radical (unpaired) electrons. The SMILES string of the molecule is CCc1nc2ccccc2n1CC(=O)NNC(=O)c1cccc([N+](=O)[O-])c1. The number of carbonyl (C=O) groups excluding carboxylic acids is 2. The Bertz CT molecular complexity index is 1030. The zero-order chi connectivity index (χ0) is 19.4. The molecule has 2 aromatic carbocycles. The number of imidazole rings is 1. The lowest BCUT2D eigenvalue weighted by atomic mass is 10.2. The second-order valence-electron chi connectivity index (χ2n) is 5.77. The molecule has 1 aromatic heterocycles. The van der Waals surface area contributed by atoms with Crippen LogP contribution >= 0.6 is 0 Å². The maximum absolute atomic E-state index is 12.3. The molecule has 0 aliphatic rings. The maximum atomic E-state index is 12.3. The summed E-state index contributed by atoms with van der Waals surface area (Å²) < 4.78 is 1.78. The maximum Gasteiger partial charge on any atom is 0.270 e. The van der Waals surface area contributed by atoms with Gasteiger partial charge in [0.05, 0.1) is 16.0 Å². The molecule has 0 bridgehead atoms. The van der Waals surface area contributed by atoms with E-state index >= 15 is 0 Å². The van der Waals surface area contributed by atoms with Crippen molar-refractivity contribution in [2.24, 2.45) is 0 Å². The number of nitro benzene ring substituents is 1. The second kappa shape index (κ2) is 7.65. The number of non-ortho nitro benzene ring substituents is 1. The van der Waals surface area contributed by atoms with E-state index in [4.69, 9.17) is 0 Å². The molecule has 3 aromatic rings. The number of amides is 2. The van der Waals surface area contributed by atoms with Gasteiger partial charge in [-0.1, -0.05) is 25.1 Å². The fourth-order valence-corrected chi connectivity index (χ4v) is 2.71. The summed E-state index contributed by atoms with van der Waals surface area (Å²) in [4.78, 5) is 39.0. The van der Waals surface area contributed by atoms with Crippen molar-refractivity contribution in [2.75, 3.05) is 0 Å². The third-order valence-corrected chi connectivity index (χ3v) is 3.99. The molecule has 0 unspecified atom stereocenters. The lowest BCUT2D eigenvalue weighted by Gasteiger charge is -2.10. The van der Waals surface area contributed by atoms with E-state index in [2.05, 4.69) is 15.8 Å². The summed E-state index contributed by atoms with van der Waals surface area (Å²) in [7, 11) is 0. The highest BCUT2D eigenvalue weighted by Crippen LogP contribution is 2.16. The van der Waals surface area contributed by atoms with E-state index in [9.17, 15) is 19.7 Å². The fraction of sp³-hybridized carbons (Fsp3) is 0.167. The topological polar surface area (TPSA) is 119 Å². The Morgan fingerprint density at radius 1 is 1.15 bits per heavy atom. The highest BCUT2D eigenvalue weighted by Gasteiger charge is 2.14. The Hall–Kier alpha value is -3.75. The van der Waals surface area contributed by atoms with Crippen molar-refractivity contribution in [3.8, 4) is 0 Å². The molecule has 138 valence electrons. The summed E-state index contributed by atoms with van der Waals surface area (Å²) >= 11 is 0. The van der Waals surface area contributed by atoms with Crippen molar-refractivity contribution in [1.29, 1.82) is 0 Å². The second-order valence-corrected chi connectivity index (χ2v) is 5.77. The molecular weight excluding hydrogens is 350 g/mol. The van der Waals surface area contributed by atoms with Crippen molar-refractivity contribution < 1.29 is 14.5 Å². The molecular formula is C18H17N5O4. The van der Waals surface area contributed by atoms with Crippen LogP contribution in [-0.4, -0.2) is 26.3 Å². The lowest BCUT2D eigenvalue weighted by molar-refractivity contribution is -0.384. The monoisotopic (exact) mass is 367 g/mol. The van der Waals surface area contributed by atoms with Crippen molar-refractivity contribution in [3.63, 3.8) is 0 Å². The first-order valence-electron chi connectivity index (χ1n) is 8.27. The van der Waals surface area contributed by atoms with Gasteiger partial charge in [0, 0.05) is 24.1 Å². The standard InChI is InChI=1S/C18H17N5O4/c1-2-16-19-14-8-3-4-9-15(14)22(16)11-17(24)20-21-18(25)12-6-5-7-13(10-12)23(26)27/h3-10H,2,11H2,1H3,(H,20,24)(H,21,25). The summed E-state index contributed by atoms with van der Waals surface area (Å²) in [5.74, 6) is -0.318.